The van der Waals surface area contributed by atoms with Crippen molar-refractivity contribution in [1.29, 1.82) is 0 Å². The third-order valence-corrected chi connectivity index (χ3v) is 16.9. The van der Waals surface area contributed by atoms with E-state index in [0.29, 0.717) is 65.3 Å². The van der Waals surface area contributed by atoms with Gasteiger partial charge in [-0.1, -0.05) is 12.1 Å². The molecule has 2 aliphatic heterocycles. The monoisotopic (exact) mass is 1040 g/mol. The highest BCUT2D eigenvalue weighted by Crippen LogP contribution is 2.54. The summed E-state index contributed by atoms with van der Waals surface area (Å²) in [6.07, 6.45) is 6.18. The Kier molecular flexibility index (Phi) is 14.7. The van der Waals surface area contributed by atoms with Crippen molar-refractivity contribution in [3.8, 4) is 0 Å². The number of allylic oxidation sites excluding steroid dienone is 4. The molecule has 4 aromatic carbocycles. The number of hydrogen-bond acceptors (Lipinski definition) is 14. The van der Waals surface area contributed by atoms with Crippen molar-refractivity contribution in [3.05, 3.63) is 83.6 Å². The fraction of sp³-hybridized carbons (Fsp3) is 0.395. The van der Waals surface area contributed by atoms with E-state index in [1.807, 2.05) is 9.48 Å². The van der Waals surface area contributed by atoms with Crippen LogP contribution in [0.3, 0.4) is 0 Å². The van der Waals surface area contributed by atoms with Gasteiger partial charge in [0.15, 0.2) is 5.71 Å². The molecule has 2 unspecified atom stereocenters. The molecule has 0 radical (unpaired) electrons. The van der Waals surface area contributed by atoms with Gasteiger partial charge in [-0.25, -0.2) is 8.42 Å². The van der Waals surface area contributed by atoms with Gasteiger partial charge in [-0.05, 0) is 112 Å². The number of likely N-dealkylation sites (N-methyl/N-ethyl adjacent to an activating group) is 1. The van der Waals surface area contributed by atoms with Crippen LogP contribution in [-0.2, 0) is 71.0 Å². The second-order valence-electron chi connectivity index (χ2n) is 17.0. The quantitative estimate of drug-likeness (QED) is 0.0410. The molecule has 0 bridgehead atoms. The third-order valence-electron chi connectivity index (χ3n) is 12.6. The van der Waals surface area contributed by atoms with E-state index in [1.165, 1.54) is 19.2 Å². The Bertz CT molecular complexity index is 3420. The third kappa shape index (κ3) is 10.4. The number of methoxy groups -OCH3 is 1. The minimum absolute atomic E-state index is 0.0112. The van der Waals surface area contributed by atoms with Crippen molar-refractivity contribution in [2.24, 2.45) is 0 Å². The largest absolute Gasteiger partial charge is 0.744 e. The van der Waals surface area contributed by atoms with Gasteiger partial charge < -0.3 is 19.3 Å². The lowest BCUT2D eigenvalue weighted by molar-refractivity contribution is -0.438. The first-order valence-corrected chi connectivity index (χ1v) is 28.3. The molecule has 2 heterocycles. The zero-order valence-electron chi connectivity index (χ0n) is 37.1. The van der Waals surface area contributed by atoms with Gasteiger partial charge in [-0.15, -0.1) is 0 Å². The van der Waals surface area contributed by atoms with Crippen LogP contribution in [0.2, 0.25) is 0 Å². The average molecular weight is 1040 g/mol. The van der Waals surface area contributed by atoms with Gasteiger partial charge in [0.05, 0.1) is 25.9 Å². The summed E-state index contributed by atoms with van der Waals surface area (Å²) in [5.74, 6) is -1.68. The Labute approximate surface area is 394 Å². The van der Waals surface area contributed by atoms with Crippen LogP contribution in [0.4, 0.5) is 11.4 Å². The summed E-state index contributed by atoms with van der Waals surface area (Å²) in [5.41, 5.74) is 0.116. The van der Waals surface area contributed by atoms with Gasteiger partial charge in [-0.2, -0.15) is 38.2 Å². The SMILES string of the molecule is CCN1C(=CC=CC2=[N+](CCCCCC(=O)O)c3ccc4c(S(=O)(=O)[O-])cc(S(=O)(=O)O)cc4c3C2(C)CCOC)C(C)(CCCS(=O)(=O)O)c2c1ccc1c(S(=O)(=O)O)cc(S(=O)(=O)O)cc21. The molecule has 25 heteroatoms. The molecule has 0 fully saturated rings. The number of rotatable bonds is 20. The van der Waals surface area contributed by atoms with Crippen LogP contribution in [0.5, 0.6) is 0 Å². The molecule has 0 saturated heterocycles. The maximum atomic E-state index is 12.7. The summed E-state index contributed by atoms with van der Waals surface area (Å²) in [5, 5.41) is 9.06. The summed E-state index contributed by atoms with van der Waals surface area (Å²) in [7, 11) is -23.6. The number of unbranched alkanes of at least 4 members (excludes halogenated alkanes) is 2. The summed E-state index contributed by atoms with van der Waals surface area (Å²) < 4.78 is 185. The molecule has 2 aliphatic rings. The van der Waals surface area contributed by atoms with Crippen LogP contribution >= 0.6 is 0 Å². The Balaban J connectivity index is 1.64. The van der Waals surface area contributed by atoms with E-state index in [1.54, 1.807) is 51.1 Å². The molecule has 370 valence electrons. The minimum Gasteiger partial charge on any atom is -0.744 e. The second-order valence-corrected chi connectivity index (χ2v) is 24.2. The van der Waals surface area contributed by atoms with Crippen molar-refractivity contribution in [2.45, 2.75) is 96.1 Å². The highest BCUT2D eigenvalue weighted by Gasteiger charge is 2.49. The Morgan fingerprint density at radius 1 is 0.735 bits per heavy atom. The van der Waals surface area contributed by atoms with E-state index in [0.717, 1.165) is 12.1 Å². The van der Waals surface area contributed by atoms with E-state index in [-0.39, 0.29) is 66.9 Å². The van der Waals surface area contributed by atoms with Crippen LogP contribution < -0.4 is 4.90 Å². The number of hydrogen-bond donors (Lipinski definition) is 5. The number of carboxylic acids is 1. The predicted molar refractivity (Wildman–Crippen MR) is 248 cm³/mol. The first-order valence-electron chi connectivity index (χ1n) is 21.0. The summed E-state index contributed by atoms with van der Waals surface area (Å²) >= 11 is 0. The van der Waals surface area contributed by atoms with Crippen molar-refractivity contribution >= 4 is 95.2 Å². The zero-order chi connectivity index (χ0) is 50.6. The van der Waals surface area contributed by atoms with Crippen LogP contribution in [-0.4, -0.2) is 119 Å². The minimum atomic E-state index is -5.33. The lowest BCUT2D eigenvalue weighted by Gasteiger charge is -2.30. The van der Waals surface area contributed by atoms with Crippen LogP contribution in [0.15, 0.2) is 92.0 Å². The highest BCUT2D eigenvalue weighted by molar-refractivity contribution is 7.87. The molecule has 0 spiro atoms. The molecular weight excluding hydrogens is 993 g/mol. The number of carbonyl (C=O) groups is 1. The Morgan fingerprint density at radius 3 is 1.87 bits per heavy atom. The molecule has 5 N–H and O–H groups in total. The fourth-order valence-electron chi connectivity index (χ4n) is 9.67. The smallest absolute Gasteiger partial charge is 0.303 e. The number of benzene rings is 4. The van der Waals surface area contributed by atoms with Crippen LogP contribution in [0, 0.1) is 0 Å². The molecule has 4 aromatic rings. The molecule has 2 atom stereocenters. The first-order chi connectivity index (χ1) is 31.4. The zero-order valence-corrected chi connectivity index (χ0v) is 41.2. The molecule has 6 rings (SSSR count). The van der Waals surface area contributed by atoms with Crippen LogP contribution in [0.25, 0.3) is 21.5 Å². The second kappa shape index (κ2) is 18.9. The fourth-order valence-corrected chi connectivity index (χ4v) is 12.8. The van der Waals surface area contributed by atoms with Crippen LogP contribution in [0.1, 0.15) is 76.8 Å². The Hall–Kier alpha value is -4.67. The molecule has 68 heavy (non-hydrogen) atoms. The molecule has 0 saturated carbocycles. The number of fused-ring (bicyclic) bond motifs is 6. The standard InChI is InChI=1S/C43H50N2O18S5/c1-5-44-33-16-14-29-31(23-27(65(51,52)53)25-35(29)67(57,58)59)40(33)42(2,18-10-22-64(48,49)50)37(44)11-9-12-38-43(3,19-21-63-4)41-32-24-28(66(54,55)56)26-36(68(60,61)62)30(32)15-17-34(41)45(38)20-8-6-7-13-39(46)47/h9,11-12,14-17,23-26H,5-8,10,13,18-22H2,1-4H3,(H5-,46,47,48,49,50,51,52,53,54,55,56,57,58,59,60,61,62). The lowest BCUT2D eigenvalue weighted by Crippen LogP contribution is -2.33. The number of aliphatic carboxylic acids is 1. The van der Waals surface area contributed by atoms with E-state index >= 15 is 0 Å². The predicted octanol–water partition coefficient (Wildman–Crippen LogP) is 5.58. The van der Waals surface area contributed by atoms with Gasteiger partial charge >= 0.3 is 5.97 Å². The van der Waals surface area contributed by atoms with E-state index in [9.17, 15) is 74.8 Å². The highest BCUT2D eigenvalue weighted by atomic mass is 32.2. The van der Waals surface area contributed by atoms with Gasteiger partial charge in [-0.3, -0.25) is 23.0 Å². The van der Waals surface area contributed by atoms with Gasteiger partial charge in [0.1, 0.15) is 21.6 Å². The Morgan fingerprint density at radius 2 is 1.32 bits per heavy atom. The van der Waals surface area contributed by atoms with Crippen molar-refractivity contribution in [3.63, 3.8) is 0 Å². The lowest BCUT2D eigenvalue weighted by atomic mass is 9.74. The summed E-state index contributed by atoms with van der Waals surface area (Å²) in [4.78, 5) is 9.74. The van der Waals surface area contributed by atoms with Crippen molar-refractivity contribution < 1.29 is 84.1 Å². The molecule has 20 nitrogen and oxygen atoms in total. The summed E-state index contributed by atoms with van der Waals surface area (Å²) in [6, 6.07) is 9.17. The van der Waals surface area contributed by atoms with E-state index < -0.39 is 92.7 Å². The van der Waals surface area contributed by atoms with E-state index in [2.05, 4.69) is 0 Å². The maximum absolute atomic E-state index is 12.7. The molecule has 0 aliphatic carbocycles. The number of ether oxygens (including phenoxy) is 1. The normalized spacial score (nSPS) is 19.8. The van der Waals surface area contributed by atoms with Crippen molar-refractivity contribution in [2.75, 3.05) is 37.5 Å². The van der Waals surface area contributed by atoms with Gasteiger partial charge in [0.25, 0.3) is 40.5 Å². The van der Waals surface area contributed by atoms with Crippen molar-refractivity contribution in [1.82, 2.24) is 0 Å². The number of nitrogens with zero attached hydrogens (tertiary/aromatic N) is 2. The maximum Gasteiger partial charge on any atom is 0.303 e. The molecule has 0 aromatic heterocycles. The average Bonchev–Trinajstić information content (AvgIpc) is 3.60. The molecular formula is C43H50N2O18S5. The number of carboxylic acid groups (broad SMARTS) is 1. The molecule has 0 amide bonds. The van der Waals surface area contributed by atoms with Gasteiger partial charge in [0, 0.05) is 78.4 Å². The topological polar surface area (TPSA) is 327 Å². The first kappa shape index (κ1) is 52.7. The van der Waals surface area contributed by atoms with E-state index in [4.69, 9.17) is 4.74 Å². The number of anilines is 1. The van der Waals surface area contributed by atoms with Gasteiger partial charge in [0.2, 0.25) is 5.69 Å². The summed E-state index contributed by atoms with van der Waals surface area (Å²) in [6.45, 7) is 5.85.